The molecular formula is C26H32FN9O. The Hall–Kier alpha value is -3.60. The van der Waals surface area contributed by atoms with Gasteiger partial charge in [0.05, 0.1) is 25.5 Å². The van der Waals surface area contributed by atoms with Gasteiger partial charge in [-0.3, -0.25) is 0 Å². The highest BCUT2D eigenvalue weighted by Crippen LogP contribution is 2.69. The van der Waals surface area contributed by atoms with Gasteiger partial charge in [0.25, 0.3) is 0 Å². The normalized spacial score (nSPS) is 26.3. The third-order valence-corrected chi connectivity index (χ3v) is 8.00. The summed E-state index contributed by atoms with van der Waals surface area (Å²) in [6.45, 7) is 3.18. The molecule has 1 atom stereocenters. The molecule has 0 spiro atoms. The molecule has 7 rings (SSSR count). The molecule has 2 aromatic heterocycles. The zero-order chi connectivity index (χ0) is 25.6. The number of nitrogens with one attached hydrogen (secondary N) is 2. The van der Waals surface area contributed by atoms with Crippen molar-refractivity contribution in [2.75, 3.05) is 37.4 Å². The van der Waals surface area contributed by atoms with E-state index in [0.717, 1.165) is 63.3 Å². The van der Waals surface area contributed by atoms with Crippen molar-refractivity contribution in [2.24, 2.45) is 5.41 Å². The first-order valence-corrected chi connectivity index (χ1v) is 12.8. The lowest BCUT2D eigenvalue weighted by Gasteiger charge is -2.66. The number of rotatable bonds is 9. The molecule has 1 aromatic carbocycles. The molecule has 4 aliphatic rings. The number of piperidine rings is 1. The Morgan fingerprint density at radius 1 is 1.24 bits per heavy atom. The first kappa shape index (κ1) is 23.8. The van der Waals surface area contributed by atoms with E-state index in [1.165, 1.54) is 6.21 Å². The van der Waals surface area contributed by atoms with Crippen molar-refractivity contribution in [2.45, 2.75) is 50.4 Å². The Bertz CT molecular complexity index is 1290. The molecule has 194 valence electrons. The van der Waals surface area contributed by atoms with E-state index in [4.69, 9.17) is 15.9 Å². The SMILES string of the molecule is COc1cc(N)c(C=N)c(-c2cn(Cc3ccc(N4CCC[C@@H](NCC56CC(F)(C5)C6)C4)nn3)nn2)c1. The van der Waals surface area contributed by atoms with Crippen molar-refractivity contribution in [1.82, 2.24) is 30.5 Å². The molecule has 1 saturated heterocycles. The second-order valence-electron chi connectivity index (χ2n) is 10.9. The molecule has 3 saturated carbocycles. The number of ether oxygens (including phenoxy) is 1. The van der Waals surface area contributed by atoms with Gasteiger partial charge < -0.3 is 26.1 Å². The molecule has 1 aliphatic heterocycles. The van der Waals surface area contributed by atoms with Crippen molar-refractivity contribution in [3.8, 4) is 17.0 Å². The number of methoxy groups -OCH3 is 1. The van der Waals surface area contributed by atoms with Gasteiger partial charge >= 0.3 is 0 Å². The Morgan fingerprint density at radius 2 is 2.08 bits per heavy atom. The van der Waals surface area contributed by atoms with Crippen molar-refractivity contribution in [3.63, 3.8) is 0 Å². The third-order valence-electron chi connectivity index (χ3n) is 8.00. The molecule has 3 heterocycles. The molecule has 3 aromatic rings. The van der Waals surface area contributed by atoms with Crippen LogP contribution in [-0.2, 0) is 6.54 Å². The number of benzene rings is 1. The quantitative estimate of drug-likeness (QED) is 0.299. The van der Waals surface area contributed by atoms with Crippen LogP contribution in [0.15, 0.2) is 30.5 Å². The maximum atomic E-state index is 13.8. The monoisotopic (exact) mass is 505 g/mol. The van der Waals surface area contributed by atoms with E-state index in [-0.39, 0.29) is 5.41 Å². The van der Waals surface area contributed by atoms with Crippen molar-refractivity contribution in [1.29, 1.82) is 5.41 Å². The smallest absolute Gasteiger partial charge is 0.151 e. The zero-order valence-corrected chi connectivity index (χ0v) is 21.0. The van der Waals surface area contributed by atoms with Gasteiger partial charge in [0.2, 0.25) is 0 Å². The van der Waals surface area contributed by atoms with E-state index in [1.807, 2.05) is 12.1 Å². The van der Waals surface area contributed by atoms with E-state index < -0.39 is 5.67 Å². The predicted molar refractivity (Wildman–Crippen MR) is 139 cm³/mol. The van der Waals surface area contributed by atoms with Crippen LogP contribution in [0.2, 0.25) is 0 Å². The molecule has 37 heavy (non-hydrogen) atoms. The number of hydrogen-bond donors (Lipinski definition) is 3. The van der Waals surface area contributed by atoms with Gasteiger partial charge in [-0.05, 0) is 55.7 Å². The Kier molecular flexibility index (Phi) is 5.82. The maximum Gasteiger partial charge on any atom is 0.151 e. The van der Waals surface area contributed by atoms with Gasteiger partial charge in [0.1, 0.15) is 17.1 Å². The molecule has 0 amide bonds. The largest absolute Gasteiger partial charge is 0.497 e. The predicted octanol–water partition coefficient (Wildman–Crippen LogP) is 2.82. The molecule has 0 radical (unpaired) electrons. The molecule has 2 bridgehead atoms. The molecule has 10 nitrogen and oxygen atoms in total. The van der Waals surface area contributed by atoms with Crippen LogP contribution in [0.1, 0.15) is 43.4 Å². The van der Waals surface area contributed by atoms with Gasteiger partial charge in [0.15, 0.2) is 5.82 Å². The topological polar surface area (TPSA) is 131 Å². The van der Waals surface area contributed by atoms with Gasteiger partial charge in [-0.2, -0.15) is 5.10 Å². The van der Waals surface area contributed by atoms with E-state index in [1.54, 1.807) is 30.1 Å². The summed E-state index contributed by atoms with van der Waals surface area (Å²) >= 11 is 0. The number of alkyl halides is 1. The highest BCUT2D eigenvalue weighted by atomic mass is 19.1. The summed E-state index contributed by atoms with van der Waals surface area (Å²) in [7, 11) is 1.57. The van der Waals surface area contributed by atoms with Crippen LogP contribution in [0.25, 0.3) is 11.3 Å². The molecule has 4 fully saturated rings. The van der Waals surface area contributed by atoms with E-state index in [0.29, 0.717) is 40.8 Å². The summed E-state index contributed by atoms with van der Waals surface area (Å²) in [5.74, 6) is 1.46. The standard InChI is InChI=1S/C26H32FN9O/c1-37-19-7-20(21(9-28)22(29)8-19)23-12-36(34-32-23)11-18-4-5-24(33-31-18)35-6-2-3-17(10-35)30-16-25-13-26(27,14-25)15-25/h4-5,7-9,12,17,28,30H,2-3,6,10-11,13-16,29H2,1H3/t17-,25?,26?/m1/s1. The minimum absolute atomic E-state index is 0.222. The molecule has 4 N–H and O–H groups in total. The van der Waals surface area contributed by atoms with Crippen LogP contribution < -0.4 is 20.7 Å². The van der Waals surface area contributed by atoms with E-state index >= 15 is 0 Å². The first-order chi connectivity index (χ1) is 17.9. The van der Waals surface area contributed by atoms with Crippen LogP contribution in [0, 0.1) is 10.8 Å². The van der Waals surface area contributed by atoms with Crippen LogP contribution in [0.3, 0.4) is 0 Å². The lowest BCUT2D eigenvalue weighted by Crippen LogP contribution is -2.68. The maximum absolute atomic E-state index is 13.8. The van der Waals surface area contributed by atoms with Crippen molar-refractivity contribution < 1.29 is 9.13 Å². The number of halogens is 1. The second-order valence-corrected chi connectivity index (χ2v) is 10.9. The minimum atomic E-state index is -0.835. The van der Waals surface area contributed by atoms with Crippen molar-refractivity contribution in [3.05, 3.63) is 41.7 Å². The van der Waals surface area contributed by atoms with E-state index in [9.17, 15) is 4.39 Å². The highest BCUT2D eigenvalue weighted by Gasteiger charge is 2.68. The van der Waals surface area contributed by atoms with E-state index in [2.05, 4.69) is 30.7 Å². The Labute approximate surface area is 214 Å². The minimum Gasteiger partial charge on any atom is -0.497 e. The summed E-state index contributed by atoms with van der Waals surface area (Å²) in [6, 6.07) is 7.85. The lowest BCUT2D eigenvalue weighted by molar-refractivity contribution is -0.210. The zero-order valence-electron chi connectivity index (χ0n) is 21.0. The molecule has 0 unspecified atom stereocenters. The molecular weight excluding hydrogens is 473 g/mol. The second kappa shape index (κ2) is 9.05. The first-order valence-electron chi connectivity index (χ1n) is 12.8. The molecule has 3 aliphatic carbocycles. The van der Waals surface area contributed by atoms with Crippen LogP contribution in [0.4, 0.5) is 15.9 Å². The fourth-order valence-electron chi connectivity index (χ4n) is 6.17. The number of aromatic nitrogens is 5. The van der Waals surface area contributed by atoms with Crippen LogP contribution in [0.5, 0.6) is 5.75 Å². The lowest BCUT2D eigenvalue weighted by atomic mass is 9.42. The average molecular weight is 506 g/mol. The van der Waals surface area contributed by atoms with Crippen LogP contribution >= 0.6 is 0 Å². The average Bonchev–Trinajstić information content (AvgIpc) is 3.33. The van der Waals surface area contributed by atoms with Gasteiger partial charge in [0, 0.05) is 54.8 Å². The summed E-state index contributed by atoms with van der Waals surface area (Å²) in [5.41, 5.74) is 8.55. The summed E-state index contributed by atoms with van der Waals surface area (Å²) in [6.07, 6.45) is 7.45. The number of nitrogen functional groups attached to an aromatic ring is 1. The number of nitrogens with two attached hydrogens (primary N) is 1. The highest BCUT2D eigenvalue weighted by molar-refractivity contribution is 5.94. The summed E-state index contributed by atoms with van der Waals surface area (Å²) in [4.78, 5) is 2.27. The number of nitrogens with zero attached hydrogens (tertiary/aromatic N) is 6. The van der Waals surface area contributed by atoms with Crippen LogP contribution in [-0.4, -0.2) is 69.9 Å². The van der Waals surface area contributed by atoms with Crippen molar-refractivity contribution >= 4 is 17.7 Å². The fourth-order valence-corrected chi connectivity index (χ4v) is 6.17. The van der Waals surface area contributed by atoms with Gasteiger partial charge in [-0.1, -0.05) is 5.21 Å². The number of hydrogen-bond acceptors (Lipinski definition) is 9. The summed E-state index contributed by atoms with van der Waals surface area (Å²) in [5, 5.41) is 28.9. The third kappa shape index (κ3) is 4.52. The fraction of sp³-hybridized carbons (Fsp3) is 0.500. The van der Waals surface area contributed by atoms with Gasteiger partial charge in [-0.25, -0.2) is 9.07 Å². The Morgan fingerprint density at radius 3 is 2.78 bits per heavy atom. The number of anilines is 2. The summed E-state index contributed by atoms with van der Waals surface area (Å²) < 4.78 is 20.8. The Balaban J connectivity index is 1.08. The molecule has 11 heteroatoms. The van der Waals surface area contributed by atoms with Gasteiger partial charge in [-0.15, -0.1) is 10.2 Å².